The van der Waals surface area contributed by atoms with Gasteiger partial charge in [0.15, 0.2) is 0 Å². The van der Waals surface area contributed by atoms with Crippen LogP contribution in [0.4, 0.5) is 11.4 Å². The average Bonchev–Trinajstić information content (AvgIpc) is 2.47. The number of nitro groups is 1. The Labute approximate surface area is 128 Å². The zero-order valence-corrected chi connectivity index (χ0v) is 12.7. The van der Waals surface area contributed by atoms with Gasteiger partial charge >= 0.3 is 0 Å². The largest absolute Gasteiger partial charge is 0.378 e. The van der Waals surface area contributed by atoms with E-state index in [4.69, 9.17) is 11.6 Å². The molecule has 1 N–H and O–H groups in total. The summed E-state index contributed by atoms with van der Waals surface area (Å²) < 4.78 is 0. The summed E-state index contributed by atoms with van der Waals surface area (Å²) in [7, 11) is 0. The lowest BCUT2D eigenvalue weighted by atomic mass is 10.0. The first-order chi connectivity index (χ1) is 10.0. The summed E-state index contributed by atoms with van der Waals surface area (Å²) in [5.74, 6) is 0. The molecule has 4 nitrogen and oxygen atoms in total. The number of nitrogens with one attached hydrogen (secondary N) is 1. The SMILES string of the molecule is CCC(Nc1cc([N+](=O)[O-])ccc1C)c1ccc(Cl)cc1. The average molecular weight is 305 g/mol. The van der Waals surface area contributed by atoms with E-state index < -0.39 is 0 Å². The molecule has 2 rings (SSSR count). The standard InChI is InChI=1S/C16H17ClN2O2/c1-3-15(12-5-7-13(17)8-6-12)18-16-10-14(19(20)21)9-4-11(16)2/h4-10,15,18H,3H2,1-2H3. The third-order valence-corrected chi connectivity index (χ3v) is 3.69. The van der Waals surface area contributed by atoms with E-state index in [1.807, 2.05) is 31.2 Å². The molecular weight excluding hydrogens is 288 g/mol. The van der Waals surface area contributed by atoms with Gasteiger partial charge in [0, 0.05) is 22.8 Å². The van der Waals surface area contributed by atoms with Gasteiger partial charge in [0.1, 0.15) is 0 Å². The number of anilines is 1. The number of rotatable bonds is 5. The molecule has 0 bridgehead atoms. The lowest BCUT2D eigenvalue weighted by Gasteiger charge is -2.20. The van der Waals surface area contributed by atoms with Gasteiger partial charge in [-0.05, 0) is 36.6 Å². The van der Waals surface area contributed by atoms with Crippen molar-refractivity contribution in [2.45, 2.75) is 26.3 Å². The molecule has 0 aromatic heterocycles. The number of nitrogens with zero attached hydrogens (tertiary/aromatic N) is 1. The highest BCUT2D eigenvalue weighted by Gasteiger charge is 2.13. The van der Waals surface area contributed by atoms with Gasteiger partial charge in [0.2, 0.25) is 0 Å². The van der Waals surface area contributed by atoms with Crippen LogP contribution in [0, 0.1) is 17.0 Å². The number of non-ortho nitro benzene ring substituents is 1. The summed E-state index contributed by atoms with van der Waals surface area (Å²) in [4.78, 5) is 10.5. The molecule has 0 amide bonds. The zero-order valence-electron chi connectivity index (χ0n) is 12.0. The van der Waals surface area contributed by atoms with Gasteiger partial charge in [-0.25, -0.2) is 0 Å². The predicted molar refractivity (Wildman–Crippen MR) is 85.9 cm³/mol. The number of halogens is 1. The van der Waals surface area contributed by atoms with Crippen LogP contribution in [0.1, 0.15) is 30.5 Å². The van der Waals surface area contributed by atoms with E-state index in [0.29, 0.717) is 5.02 Å². The monoisotopic (exact) mass is 304 g/mol. The molecule has 0 aliphatic rings. The normalized spacial score (nSPS) is 12.0. The molecular formula is C16H17ClN2O2. The van der Waals surface area contributed by atoms with Crippen molar-refractivity contribution in [2.75, 3.05) is 5.32 Å². The number of hydrogen-bond donors (Lipinski definition) is 1. The lowest BCUT2D eigenvalue weighted by Crippen LogP contribution is -2.10. The van der Waals surface area contributed by atoms with Crippen molar-refractivity contribution in [1.29, 1.82) is 0 Å². The maximum atomic E-state index is 10.9. The van der Waals surface area contributed by atoms with E-state index in [1.54, 1.807) is 12.1 Å². The Kier molecular flexibility index (Phi) is 4.81. The van der Waals surface area contributed by atoms with Crippen molar-refractivity contribution in [1.82, 2.24) is 0 Å². The lowest BCUT2D eigenvalue weighted by molar-refractivity contribution is -0.384. The van der Waals surface area contributed by atoms with E-state index in [9.17, 15) is 10.1 Å². The highest BCUT2D eigenvalue weighted by Crippen LogP contribution is 2.28. The van der Waals surface area contributed by atoms with Crippen LogP contribution in [0.5, 0.6) is 0 Å². The summed E-state index contributed by atoms with van der Waals surface area (Å²) in [5.41, 5.74) is 2.96. The summed E-state index contributed by atoms with van der Waals surface area (Å²) >= 11 is 5.91. The minimum atomic E-state index is -0.381. The van der Waals surface area contributed by atoms with Gasteiger partial charge in [-0.1, -0.05) is 36.7 Å². The number of nitro benzene ring substituents is 1. The van der Waals surface area contributed by atoms with Gasteiger partial charge in [-0.3, -0.25) is 10.1 Å². The van der Waals surface area contributed by atoms with Crippen molar-refractivity contribution < 1.29 is 4.92 Å². The van der Waals surface area contributed by atoms with Gasteiger partial charge < -0.3 is 5.32 Å². The topological polar surface area (TPSA) is 55.2 Å². The first kappa shape index (κ1) is 15.3. The van der Waals surface area contributed by atoms with E-state index in [-0.39, 0.29) is 16.7 Å². The zero-order chi connectivity index (χ0) is 15.4. The molecule has 2 aromatic carbocycles. The van der Waals surface area contributed by atoms with Crippen LogP contribution >= 0.6 is 11.6 Å². The van der Waals surface area contributed by atoms with Crippen molar-refractivity contribution in [2.24, 2.45) is 0 Å². The maximum Gasteiger partial charge on any atom is 0.271 e. The molecule has 0 saturated heterocycles. The molecule has 110 valence electrons. The van der Waals surface area contributed by atoms with Crippen molar-refractivity contribution in [3.63, 3.8) is 0 Å². The molecule has 1 unspecified atom stereocenters. The fraction of sp³-hybridized carbons (Fsp3) is 0.250. The summed E-state index contributed by atoms with van der Waals surface area (Å²) in [6.07, 6.45) is 0.865. The van der Waals surface area contributed by atoms with Crippen LogP contribution in [0.25, 0.3) is 0 Å². The molecule has 5 heteroatoms. The molecule has 2 aromatic rings. The first-order valence-corrected chi connectivity index (χ1v) is 7.16. The molecule has 0 spiro atoms. The van der Waals surface area contributed by atoms with Crippen molar-refractivity contribution in [3.8, 4) is 0 Å². The van der Waals surface area contributed by atoms with Crippen molar-refractivity contribution >= 4 is 23.0 Å². The fourth-order valence-electron chi connectivity index (χ4n) is 2.18. The minimum Gasteiger partial charge on any atom is -0.378 e. The minimum absolute atomic E-state index is 0.0861. The van der Waals surface area contributed by atoms with Crippen molar-refractivity contribution in [3.05, 3.63) is 68.7 Å². The molecule has 0 aliphatic heterocycles. The number of aryl methyl sites for hydroxylation is 1. The van der Waals surface area contributed by atoms with E-state index in [2.05, 4.69) is 12.2 Å². The molecule has 0 heterocycles. The molecule has 21 heavy (non-hydrogen) atoms. The third kappa shape index (κ3) is 3.73. The Balaban J connectivity index is 2.28. The van der Waals surface area contributed by atoms with Crippen LogP contribution in [0.15, 0.2) is 42.5 Å². The first-order valence-electron chi connectivity index (χ1n) is 6.78. The second kappa shape index (κ2) is 6.59. The van der Waals surface area contributed by atoms with Crippen LogP contribution < -0.4 is 5.32 Å². The fourth-order valence-corrected chi connectivity index (χ4v) is 2.31. The second-order valence-corrected chi connectivity index (χ2v) is 5.35. The van der Waals surface area contributed by atoms with E-state index in [1.165, 1.54) is 6.07 Å². The van der Waals surface area contributed by atoms with Crippen LogP contribution in [0.3, 0.4) is 0 Å². The van der Waals surface area contributed by atoms with E-state index in [0.717, 1.165) is 23.2 Å². The van der Waals surface area contributed by atoms with Gasteiger partial charge in [-0.15, -0.1) is 0 Å². The van der Waals surface area contributed by atoms with Gasteiger partial charge in [0.05, 0.1) is 11.0 Å². The van der Waals surface area contributed by atoms with Crippen LogP contribution in [-0.4, -0.2) is 4.92 Å². The predicted octanol–water partition coefficient (Wildman–Crippen LogP) is 5.12. The Morgan fingerprint density at radius 2 is 1.90 bits per heavy atom. The Morgan fingerprint density at radius 1 is 1.24 bits per heavy atom. The Bertz CT molecular complexity index is 641. The molecule has 0 aliphatic carbocycles. The summed E-state index contributed by atoms with van der Waals surface area (Å²) in [5, 5.41) is 15.0. The van der Waals surface area contributed by atoms with Crippen LogP contribution in [0.2, 0.25) is 5.02 Å². The highest BCUT2D eigenvalue weighted by atomic mass is 35.5. The second-order valence-electron chi connectivity index (χ2n) is 4.91. The smallest absolute Gasteiger partial charge is 0.271 e. The third-order valence-electron chi connectivity index (χ3n) is 3.44. The highest BCUT2D eigenvalue weighted by molar-refractivity contribution is 6.30. The Hall–Kier alpha value is -2.07. The maximum absolute atomic E-state index is 10.9. The molecule has 1 atom stereocenters. The Morgan fingerprint density at radius 3 is 2.48 bits per heavy atom. The summed E-state index contributed by atoms with van der Waals surface area (Å²) in [6.45, 7) is 4.00. The number of hydrogen-bond acceptors (Lipinski definition) is 3. The molecule has 0 fully saturated rings. The van der Waals surface area contributed by atoms with Crippen LogP contribution in [-0.2, 0) is 0 Å². The van der Waals surface area contributed by atoms with Gasteiger partial charge in [0.25, 0.3) is 5.69 Å². The quantitative estimate of drug-likeness (QED) is 0.616. The molecule has 0 saturated carbocycles. The number of benzene rings is 2. The van der Waals surface area contributed by atoms with E-state index >= 15 is 0 Å². The summed E-state index contributed by atoms with van der Waals surface area (Å²) in [6, 6.07) is 12.6. The molecule has 0 radical (unpaired) electrons. The van der Waals surface area contributed by atoms with Gasteiger partial charge in [-0.2, -0.15) is 0 Å².